The first-order valence-electron chi connectivity index (χ1n) is 20.5. The molecule has 0 N–H and O–H groups in total. The van der Waals surface area contributed by atoms with Crippen LogP contribution in [0.3, 0.4) is 0 Å². The number of rotatable bonds is 9. The molecule has 0 nitrogen and oxygen atoms in total. The van der Waals surface area contributed by atoms with Crippen LogP contribution in [0.2, 0.25) is 11.1 Å². The Hall–Kier alpha value is -2.69. The third kappa shape index (κ3) is 5.68. The zero-order chi connectivity index (χ0) is 32.9. The number of fused-ring (bicyclic) bond motifs is 5. The van der Waals surface area contributed by atoms with Crippen molar-refractivity contribution in [2.75, 3.05) is 0 Å². The smallest absolute Gasteiger partial charge is 0.0654 e. The largest absolute Gasteiger partial charge is 0.0705 e. The van der Waals surface area contributed by atoms with Gasteiger partial charge in [-0.3, -0.25) is 0 Å². The van der Waals surface area contributed by atoms with Crippen molar-refractivity contribution in [1.29, 1.82) is 0 Å². The first-order valence-corrected chi connectivity index (χ1v) is 25.6. The normalized spacial score (nSPS) is 33.1. The fourth-order valence-electron chi connectivity index (χ4n) is 13.5. The Morgan fingerprint density at radius 2 is 1.22 bits per heavy atom. The molecule has 0 spiro atoms. The molecule has 4 aromatic carbocycles. The van der Waals surface area contributed by atoms with Gasteiger partial charge in [0.05, 0.1) is 16.6 Å². The van der Waals surface area contributed by atoms with Crippen molar-refractivity contribution in [3.63, 3.8) is 0 Å². The molecule has 2 heteroatoms. The summed E-state index contributed by atoms with van der Waals surface area (Å²) in [4.78, 5) is 0. The fourth-order valence-corrected chi connectivity index (χ4v) is 30.8. The van der Waals surface area contributed by atoms with Gasteiger partial charge in [0.15, 0.2) is 0 Å². The summed E-state index contributed by atoms with van der Waals surface area (Å²) in [5, 5.41) is 3.66. The monoisotopic (exact) mass is 678 g/mol. The Bertz CT molecular complexity index is 1670. The Balaban J connectivity index is 1.15. The number of hydrogen-bond donors (Lipinski definition) is 0. The van der Waals surface area contributed by atoms with Crippen LogP contribution in [0.15, 0.2) is 109 Å². The minimum atomic E-state index is -1.34. The zero-order valence-electron chi connectivity index (χ0n) is 30.1. The highest BCUT2D eigenvalue weighted by atomic mass is 29.2. The fraction of sp³-hybridized carbons (Fsp3) is 0.489. The van der Waals surface area contributed by atoms with Crippen molar-refractivity contribution < 1.29 is 0 Å². The summed E-state index contributed by atoms with van der Waals surface area (Å²) in [5.41, 5.74) is 8.32. The third-order valence-electron chi connectivity index (χ3n) is 15.1. The van der Waals surface area contributed by atoms with Crippen LogP contribution >= 0.6 is 0 Å². The summed E-state index contributed by atoms with van der Waals surface area (Å²) in [6.07, 6.45) is 16.2. The van der Waals surface area contributed by atoms with Crippen molar-refractivity contribution in [3.05, 3.63) is 120 Å². The molecular formula is C47H58Si2. The molecule has 9 rings (SSSR count). The predicted molar refractivity (Wildman–Crippen MR) is 214 cm³/mol. The molecule has 0 aromatic heterocycles. The summed E-state index contributed by atoms with van der Waals surface area (Å²) in [6, 6.07) is 43.8. The maximum Gasteiger partial charge on any atom is 0.0705 e. The SMILES string of the molecule is CCCCC1CCC([SiH](c2ccccc2)[SiH](c2ccccc2)C2C(C)CC3C2CC2CCCC2C3C2c3ccccc3-c3ccccc32)C1. The van der Waals surface area contributed by atoms with Crippen LogP contribution in [0.4, 0.5) is 0 Å². The standard InChI is InChI=1S/C47H58Si2/c1-3-4-16-33-27-28-37(30-33)48(35-18-7-5-8-19-35)49(36-20-9-6-10-21-36)47-32(2)29-43-44(47)31-34-17-15-26-38(34)45(43)46-41-24-13-11-22-39(41)40-23-12-14-25-42(40)46/h5-14,18-25,32-34,37-38,43-49H,3-4,15-17,26-31H2,1-2H3. The molecule has 0 saturated heterocycles. The van der Waals surface area contributed by atoms with Crippen molar-refractivity contribution in [3.8, 4) is 11.1 Å². The molecule has 0 amide bonds. The van der Waals surface area contributed by atoms with E-state index in [-0.39, 0.29) is 0 Å². The highest BCUT2D eigenvalue weighted by molar-refractivity contribution is 7.34. The van der Waals surface area contributed by atoms with Crippen molar-refractivity contribution in [2.45, 2.75) is 101 Å². The van der Waals surface area contributed by atoms with Gasteiger partial charge in [-0.05, 0) is 94.0 Å². The molecule has 11 atom stereocenters. The Morgan fingerprint density at radius 3 is 1.90 bits per heavy atom. The molecule has 254 valence electrons. The Morgan fingerprint density at radius 1 is 0.592 bits per heavy atom. The second kappa shape index (κ2) is 13.8. The first-order chi connectivity index (χ1) is 24.2. The highest BCUT2D eigenvalue weighted by Crippen LogP contribution is 2.66. The van der Waals surface area contributed by atoms with Crippen LogP contribution in [0.25, 0.3) is 11.1 Å². The second-order valence-electron chi connectivity index (χ2n) is 17.4. The third-order valence-corrected chi connectivity index (χ3v) is 29.4. The molecule has 0 radical (unpaired) electrons. The summed E-state index contributed by atoms with van der Waals surface area (Å²) in [6.45, 7) is 5.14. The van der Waals surface area contributed by atoms with Gasteiger partial charge in [0.2, 0.25) is 0 Å². The van der Waals surface area contributed by atoms with E-state index in [9.17, 15) is 0 Å². The van der Waals surface area contributed by atoms with Crippen LogP contribution in [-0.4, -0.2) is 16.6 Å². The summed E-state index contributed by atoms with van der Waals surface area (Å²) in [7, 11) is -2.60. The summed E-state index contributed by atoms with van der Waals surface area (Å²) >= 11 is 0. The molecule has 0 aliphatic heterocycles. The molecule has 49 heavy (non-hydrogen) atoms. The molecule has 5 aliphatic rings. The van der Waals surface area contributed by atoms with E-state index in [1.807, 2.05) is 10.4 Å². The van der Waals surface area contributed by atoms with Crippen molar-refractivity contribution in [2.24, 2.45) is 41.4 Å². The Labute approximate surface area is 300 Å². The maximum atomic E-state index is 2.75. The molecular weight excluding hydrogens is 621 g/mol. The van der Waals surface area contributed by atoms with Crippen LogP contribution in [0.5, 0.6) is 0 Å². The van der Waals surface area contributed by atoms with Crippen molar-refractivity contribution in [1.82, 2.24) is 0 Å². The molecule has 4 fully saturated rings. The second-order valence-corrected chi connectivity index (χ2v) is 26.9. The lowest BCUT2D eigenvalue weighted by atomic mass is 9.58. The lowest BCUT2D eigenvalue weighted by Gasteiger charge is -2.49. The quantitative estimate of drug-likeness (QED) is 0.155. The lowest BCUT2D eigenvalue weighted by molar-refractivity contribution is 0.0616. The predicted octanol–water partition coefficient (Wildman–Crippen LogP) is 10.6. The average Bonchev–Trinajstić information content (AvgIpc) is 3.94. The van der Waals surface area contributed by atoms with E-state index in [0.717, 1.165) is 52.5 Å². The van der Waals surface area contributed by atoms with Gasteiger partial charge in [-0.15, -0.1) is 0 Å². The highest BCUT2D eigenvalue weighted by Gasteiger charge is 2.59. The molecule has 11 unspecified atom stereocenters. The zero-order valence-corrected chi connectivity index (χ0v) is 32.4. The van der Waals surface area contributed by atoms with Crippen LogP contribution in [-0.2, 0) is 0 Å². The van der Waals surface area contributed by atoms with Crippen LogP contribution in [0.1, 0.15) is 102 Å². The van der Waals surface area contributed by atoms with E-state index >= 15 is 0 Å². The molecule has 5 aliphatic carbocycles. The van der Waals surface area contributed by atoms with E-state index < -0.39 is 16.6 Å². The lowest BCUT2D eigenvalue weighted by Crippen LogP contribution is -2.59. The maximum absolute atomic E-state index is 2.75. The van der Waals surface area contributed by atoms with Gasteiger partial charge in [-0.25, -0.2) is 0 Å². The molecule has 0 bridgehead atoms. The van der Waals surface area contributed by atoms with Gasteiger partial charge in [0.25, 0.3) is 0 Å². The molecule has 4 aromatic rings. The van der Waals surface area contributed by atoms with E-state index in [1.165, 1.54) is 81.8 Å². The first kappa shape index (κ1) is 32.2. The minimum absolute atomic E-state index is 0.588. The number of benzene rings is 4. The van der Waals surface area contributed by atoms with Gasteiger partial charge in [0, 0.05) is 5.92 Å². The van der Waals surface area contributed by atoms with Gasteiger partial charge < -0.3 is 0 Å². The van der Waals surface area contributed by atoms with Gasteiger partial charge in [-0.1, -0.05) is 185 Å². The molecule has 4 saturated carbocycles. The summed E-state index contributed by atoms with van der Waals surface area (Å²) < 4.78 is 0. The topological polar surface area (TPSA) is 0 Å². The van der Waals surface area contributed by atoms with Crippen LogP contribution in [0, 0.1) is 41.4 Å². The minimum Gasteiger partial charge on any atom is -0.0654 e. The van der Waals surface area contributed by atoms with Gasteiger partial charge >= 0.3 is 0 Å². The van der Waals surface area contributed by atoms with E-state index in [2.05, 4.69) is 123 Å². The van der Waals surface area contributed by atoms with Crippen molar-refractivity contribution >= 4 is 27.0 Å². The van der Waals surface area contributed by atoms with E-state index in [4.69, 9.17) is 0 Å². The molecule has 0 heterocycles. The Kier molecular flexibility index (Phi) is 9.08. The van der Waals surface area contributed by atoms with E-state index in [1.54, 1.807) is 11.1 Å². The van der Waals surface area contributed by atoms with E-state index in [0.29, 0.717) is 5.92 Å². The summed E-state index contributed by atoms with van der Waals surface area (Å²) in [5.74, 6) is 6.83. The van der Waals surface area contributed by atoms with Gasteiger partial charge in [-0.2, -0.15) is 0 Å². The van der Waals surface area contributed by atoms with Crippen LogP contribution < -0.4 is 10.4 Å². The van der Waals surface area contributed by atoms with Gasteiger partial charge in [0.1, 0.15) is 0 Å². The number of hydrogen-bond acceptors (Lipinski definition) is 0. The average molecular weight is 679 g/mol. The number of unbranched alkanes of at least 4 members (excludes halogenated alkanes) is 1.